The van der Waals surface area contributed by atoms with Crippen molar-refractivity contribution in [2.75, 3.05) is 7.11 Å². The summed E-state index contributed by atoms with van der Waals surface area (Å²) in [7, 11) is 1.56. The second-order valence-electron chi connectivity index (χ2n) is 3.65. The number of nitrogens with zero attached hydrogens (tertiary/aromatic N) is 3. The Morgan fingerprint density at radius 2 is 1.88 bits per heavy atom. The van der Waals surface area contributed by atoms with Crippen LogP contribution in [0.25, 0.3) is 0 Å². The van der Waals surface area contributed by atoms with Crippen molar-refractivity contribution >= 4 is 5.69 Å². The first-order valence-electron chi connectivity index (χ1n) is 4.67. The number of azo groups is 1. The lowest BCUT2D eigenvalue weighted by Crippen LogP contribution is -2.27. The molecule has 0 aliphatic carbocycles. The lowest BCUT2D eigenvalue weighted by molar-refractivity contribution is -0.559. The van der Waals surface area contributed by atoms with E-state index in [2.05, 4.69) is 10.2 Å². The van der Waals surface area contributed by atoms with E-state index in [1.807, 2.05) is 0 Å². The first kappa shape index (κ1) is 12.1. The summed E-state index contributed by atoms with van der Waals surface area (Å²) in [6.07, 6.45) is 0. The first-order chi connectivity index (χ1) is 7.45. The quantitative estimate of drug-likeness (QED) is 0.447. The molecule has 0 saturated heterocycles. The second kappa shape index (κ2) is 4.69. The topological polar surface area (TPSA) is 77.1 Å². The number of methoxy groups -OCH3 is 1. The van der Waals surface area contributed by atoms with E-state index >= 15 is 0 Å². The fraction of sp³-hybridized carbons (Fsp3) is 0.400. The van der Waals surface area contributed by atoms with Crippen molar-refractivity contribution in [2.24, 2.45) is 10.2 Å². The van der Waals surface area contributed by atoms with Crippen molar-refractivity contribution in [1.29, 1.82) is 0 Å². The standard InChI is InChI=1S/C10H13N3O3/c1-10(2,13(14)15)12-11-8-4-6-9(16-3)7-5-8/h4-7H,1-3H3. The predicted molar refractivity (Wildman–Crippen MR) is 58.6 cm³/mol. The maximum Gasteiger partial charge on any atom is 0.324 e. The van der Waals surface area contributed by atoms with Gasteiger partial charge in [0.15, 0.2) is 0 Å². The van der Waals surface area contributed by atoms with Gasteiger partial charge < -0.3 is 4.74 Å². The highest BCUT2D eigenvalue weighted by Gasteiger charge is 2.29. The summed E-state index contributed by atoms with van der Waals surface area (Å²) in [5.41, 5.74) is -0.851. The van der Waals surface area contributed by atoms with E-state index in [1.165, 1.54) is 13.8 Å². The van der Waals surface area contributed by atoms with Crippen molar-refractivity contribution in [1.82, 2.24) is 0 Å². The molecule has 6 heteroatoms. The third-order valence-electron chi connectivity index (χ3n) is 1.93. The summed E-state index contributed by atoms with van der Waals surface area (Å²) < 4.78 is 4.97. The molecule has 0 N–H and O–H groups in total. The van der Waals surface area contributed by atoms with Gasteiger partial charge in [0.25, 0.3) is 0 Å². The van der Waals surface area contributed by atoms with E-state index in [4.69, 9.17) is 4.74 Å². The van der Waals surface area contributed by atoms with Crippen LogP contribution in [0.4, 0.5) is 5.69 Å². The Morgan fingerprint density at radius 3 is 2.31 bits per heavy atom. The van der Waals surface area contributed by atoms with Crippen molar-refractivity contribution in [3.63, 3.8) is 0 Å². The summed E-state index contributed by atoms with van der Waals surface area (Å²) in [6, 6.07) is 6.79. The van der Waals surface area contributed by atoms with Crippen LogP contribution in [0.3, 0.4) is 0 Å². The fourth-order valence-corrected chi connectivity index (χ4v) is 0.865. The molecule has 86 valence electrons. The lowest BCUT2D eigenvalue weighted by Gasteiger charge is -2.07. The third-order valence-corrected chi connectivity index (χ3v) is 1.93. The molecule has 16 heavy (non-hydrogen) atoms. The number of hydrogen-bond acceptors (Lipinski definition) is 5. The van der Waals surface area contributed by atoms with Crippen molar-refractivity contribution < 1.29 is 9.66 Å². The zero-order chi connectivity index (χ0) is 12.2. The summed E-state index contributed by atoms with van der Waals surface area (Å²) in [4.78, 5) is 10.1. The molecular weight excluding hydrogens is 210 g/mol. The SMILES string of the molecule is COc1ccc(N=NC(C)(C)[N+](=O)[O-])cc1. The average Bonchev–Trinajstić information content (AvgIpc) is 2.27. The summed E-state index contributed by atoms with van der Waals surface area (Å²) in [5.74, 6) is 0.701. The zero-order valence-corrected chi connectivity index (χ0v) is 9.38. The molecule has 0 aromatic heterocycles. The van der Waals surface area contributed by atoms with Gasteiger partial charge in [0.2, 0.25) is 0 Å². The minimum absolute atomic E-state index is 0.486. The normalized spacial score (nSPS) is 11.7. The second-order valence-corrected chi connectivity index (χ2v) is 3.65. The molecule has 0 saturated carbocycles. The molecule has 1 aromatic rings. The van der Waals surface area contributed by atoms with Crippen LogP contribution < -0.4 is 4.74 Å². The Morgan fingerprint density at radius 1 is 1.31 bits per heavy atom. The summed E-state index contributed by atoms with van der Waals surface area (Å²) in [5, 5.41) is 18.0. The molecule has 0 bridgehead atoms. The third kappa shape index (κ3) is 3.01. The van der Waals surface area contributed by atoms with E-state index < -0.39 is 10.6 Å². The summed E-state index contributed by atoms with van der Waals surface area (Å²) >= 11 is 0. The van der Waals surface area contributed by atoms with E-state index in [0.29, 0.717) is 11.4 Å². The van der Waals surface area contributed by atoms with Crippen LogP contribution in [0.2, 0.25) is 0 Å². The number of nitro groups is 1. The number of benzene rings is 1. The smallest absolute Gasteiger partial charge is 0.324 e. The molecule has 0 aliphatic heterocycles. The number of ether oxygens (including phenoxy) is 1. The molecule has 0 spiro atoms. The predicted octanol–water partition coefficient (Wildman–Crippen LogP) is 2.79. The minimum atomic E-state index is -1.40. The molecule has 0 atom stereocenters. The highest BCUT2D eigenvalue weighted by Crippen LogP contribution is 2.20. The maximum absolute atomic E-state index is 10.6. The van der Waals surface area contributed by atoms with Gasteiger partial charge in [0.05, 0.1) is 17.7 Å². The highest BCUT2D eigenvalue weighted by atomic mass is 16.6. The van der Waals surface area contributed by atoms with Crippen LogP contribution in [-0.4, -0.2) is 17.7 Å². The van der Waals surface area contributed by atoms with Crippen LogP contribution in [0, 0.1) is 10.1 Å². The number of hydrogen-bond donors (Lipinski definition) is 0. The van der Waals surface area contributed by atoms with Gasteiger partial charge in [0, 0.05) is 13.8 Å². The van der Waals surface area contributed by atoms with Crippen LogP contribution in [-0.2, 0) is 0 Å². The zero-order valence-electron chi connectivity index (χ0n) is 9.38. The van der Waals surface area contributed by atoms with Gasteiger partial charge in [-0.15, -0.1) is 10.2 Å². The maximum atomic E-state index is 10.6. The molecule has 0 radical (unpaired) electrons. The molecule has 0 amide bonds. The van der Waals surface area contributed by atoms with Gasteiger partial charge in [-0.1, -0.05) is 0 Å². The Hall–Kier alpha value is -1.98. The molecule has 0 aliphatic rings. The van der Waals surface area contributed by atoms with Gasteiger partial charge in [-0.05, 0) is 24.3 Å². The monoisotopic (exact) mass is 223 g/mol. The fourth-order valence-electron chi connectivity index (χ4n) is 0.865. The van der Waals surface area contributed by atoms with Crippen molar-refractivity contribution in [3.05, 3.63) is 34.4 Å². The molecule has 6 nitrogen and oxygen atoms in total. The van der Waals surface area contributed by atoms with Crippen LogP contribution >= 0.6 is 0 Å². The Labute approximate surface area is 93.1 Å². The Balaban J connectivity index is 2.80. The van der Waals surface area contributed by atoms with E-state index in [1.54, 1.807) is 31.4 Å². The van der Waals surface area contributed by atoms with E-state index in [-0.39, 0.29) is 0 Å². The molecule has 0 unspecified atom stereocenters. The van der Waals surface area contributed by atoms with Crippen molar-refractivity contribution in [3.8, 4) is 5.75 Å². The molecular formula is C10H13N3O3. The molecule has 0 fully saturated rings. The largest absolute Gasteiger partial charge is 0.497 e. The molecule has 1 rings (SSSR count). The van der Waals surface area contributed by atoms with Gasteiger partial charge in [0.1, 0.15) is 5.75 Å². The Kier molecular flexibility index (Phi) is 3.55. The van der Waals surface area contributed by atoms with E-state index in [0.717, 1.165) is 0 Å². The molecule has 0 heterocycles. The van der Waals surface area contributed by atoms with Gasteiger partial charge in [-0.25, -0.2) is 0 Å². The van der Waals surface area contributed by atoms with Gasteiger partial charge in [-0.2, -0.15) is 0 Å². The Bertz CT molecular complexity index is 398. The van der Waals surface area contributed by atoms with E-state index in [9.17, 15) is 10.1 Å². The first-order valence-corrected chi connectivity index (χ1v) is 4.67. The lowest BCUT2D eigenvalue weighted by atomic mass is 10.3. The summed E-state index contributed by atoms with van der Waals surface area (Å²) in [6.45, 7) is 2.78. The van der Waals surface area contributed by atoms with Gasteiger partial charge in [-0.3, -0.25) is 10.1 Å². The van der Waals surface area contributed by atoms with Crippen LogP contribution in [0.1, 0.15) is 13.8 Å². The van der Waals surface area contributed by atoms with Crippen LogP contribution in [0.15, 0.2) is 34.5 Å². The highest BCUT2D eigenvalue weighted by molar-refractivity contribution is 5.40. The molecule has 1 aromatic carbocycles. The van der Waals surface area contributed by atoms with Crippen LogP contribution in [0.5, 0.6) is 5.75 Å². The number of rotatable bonds is 4. The van der Waals surface area contributed by atoms with Gasteiger partial charge >= 0.3 is 5.66 Å². The minimum Gasteiger partial charge on any atom is -0.497 e. The average molecular weight is 223 g/mol. The van der Waals surface area contributed by atoms with Crippen molar-refractivity contribution in [2.45, 2.75) is 19.5 Å².